The van der Waals surface area contributed by atoms with E-state index in [1.165, 1.54) is 19.3 Å². The van der Waals surface area contributed by atoms with Gasteiger partial charge in [-0.15, -0.1) is 6.42 Å². The van der Waals surface area contributed by atoms with Gasteiger partial charge in [0.1, 0.15) is 0 Å². The third-order valence-electron chi connectivity index (χ3n) is 5.69. The van der Waals surface area contributed by atoms with Crippen LogP contribution in [0.15, 0.2) is 0 Å². The summed E-state index contributed by atoms with van der Waals surface area (Å²) in [6.45, 7) is 11.5. The van der Waals surface area contributed by atoms with Gasteiger partial charge in [-0.2, -0.15) is 0 Å². The normalized spacial score (nSPS) is 41.0. The molecule has 2 fully saturated rings. The van der Waals surface area contributed by atoms with Crippen molar-refractivity contribution in [3.63, 3.8) is 0 Å². The zero-order valence-electron chi connectivity index (χ0n) is 11.4. The molecule has 2 aliphatic rings. The van der Waals surface area contributed by atoms with Crippen LogP contribution in [0.4, 0.5) is 0 Å². The SMILES string of the molecule is C#CC(C)(C)NC1CC2CCC1(C)C2(C)C. The van der Waals surface area contributed by atoms with Crippen molar-refractivity contribution in [2.75, 3.05) is 0 Å². The van der Waals surface area contributed by atoms with E-state index < -0.39 is 0 Å². The molecule has 0 aromatic carbocycles. The quantitative estimate of drug-likeness (QED) is 0.703. The largest absolute Gasteiger partial charge is 0.298 e. The van der Waals surface area contributed by atoms with Gasteiger partial charge >= 0.3 is 0 Å². The Kier molecular flexibility index (Phi) is 2.45. The van der Waals surface area contributed by atoms with Gasteiger partial charge < -0.3 is 0 Å². The number of hydrogen-bond donors (Lipinski definition) is 1. The Bertz CT molecular complexity index is 334. The minimum absolute atomic E-state index is 0.172. The van der Waals surface area contributed by atoms with E-state index in [0.717, 1.165) is 5.92 Å². The van der Waals surface area contributed by atoms with Gasteiger partial charge in [0.2, 0.25) is 0 Å². The van der Waals surface area contributed by atoms with E-state index in [4.69, 9.17) is 6.42 Å². The molecule has 16 heavy (non-hydrogen) atoms. The predicted molar refractivity (Wildman–Crippen MR) is 69.1 cm³/mol. The van der Waals surface area contributed by atoms with Crippen LogP contribution in [0, 0.1) is 29.1 Å². The first-order valence-corrected chi connectivity index (χ1v) is 6.48. The molecule has 0 spiro atoms. The molecule has 0 aliphatic heterocycles. The third-order valence-corrected chi connectivity index (χ3v) is 5.69. The summed E-state index contributed by atoms with van der Waals surface area (Å²) < 4.78 is 0. The predicted octanol–water partition coefficient (Wildman–Crippen LogP) is 3.20. The van der Waals surface area contributed by atoms with Crippen LogP contribution in [0.5, 0.6) is 0 Å². The Labute approximate surface area is 100 Å². The fraction of sp³-hybridized carbons (Fsp3) is 0.867. The molecule has 2 saturated carbocycles. The molecular weight excluding hydrogens is 194 g/mol. The first-order valence-electron chi connectivity index (χ1n) is 6.48. The van der Waals surface area contributed by atoms with Gasteiger partial charge in [0.25, 0.3) is 0 Å². The molecule has 0 saturated heterocycles. The van der Waals surface area contributed by atoms with E-state index in [9.17, 15) is 0 Å². The van der Waals surface area contributed by atoms with Crippen molar-refractivity contribution in [1.82, 2.24) is 5.32 Å². The zero-order chi connectivity index (χ0) is 12.2. The van der Waals surface area contributed by atoms with Crippen molar-refractivity contribution in [2.24, 2.45) is 16.7 Å². The summed E-state index contributed by atoms with van der Waals surface area (Å²) in [5.41, 5.74) is 0.718. The summed E-state index contributed by atoms with van der Waals surface area (Å²) in [6.07, 6.45) is 9.63. The molecule has 2 rings (SSSR count). The fourth-order valence-corrected chi connectivity index (χ4v) is 3.90. The molecular formula is C15H25N. The first kappa shape index (κ1) is 12.0. The summed E-state index contributed by atoms with van der Waals surface area (Å²) in [5, 5.41) is 3.70. The maximum Gasteiger partial charge on any atom is 0.0743 e. The van der Waals surface area contributed by atoms with Gasteiger partial charge in [-0.3, -0.25) is 5.32 Å². The van der Waals surface area contributed by atoms with Crippen LogP contribution in [0.3, 0.4) is 0 Å². The van der Waals surface area contributed by atoms with Crippen molar-refractivity contribution >= 4 is 0 Å². The van der Waals surface area contributed by atoms with E-state index in [1.54, 1.807) is 0 Å². The zero-order valence-corrected chi connectivity index (χ0v) is 11.4. The summed E-state index contributed by atoms with van der Waals surface area (Å²) in [4.78, 5) is 0. The Hall–Kier alpha value is -0.480. The Balaban J connectivity index is 2.20. The maximum absolute atomic E-state index is 5.58. The van der Waals surface area contributed by atoms with Crippen molar-refractivity contribution < 1.29 is 0 Å². The second-order valence-electron chi connectivity index (χ2n) is 7.08. The van der Waals surface area contributed by atoms with Crippen molar-refractivity contribution in [2.45, 2.75) is 65.5 Å². The molecule has 0 aromatic rings. The van der Waals surface area contributed by atoms with Gasteiger partial charge in [-0.1, -0.05) is 26.7 Å². The highest BCUT2D eigenvalue weighted by molar-refractivity contribution is 5.17. The van der Waals surface area contributed by atoms with Gasteiger partial charge in [0, 0.05) is 6.04 Å². The standard InChI is InChI=1S/C15H25N/c1-7-13(2,3)16-12-10-11-8-9-15(12,6)14(11,4)5/h1,11-12,16H,8-10H2,2-6H3. The molecule has 0 amide bonds. The van der Waals surface area contributed by atoms with E-state index in [0.29, 0.717) is 16.9 Å². The summed E-state index contributed by atoms with van der Waals surface area (Å²) >= 11 is 0. The van der Waals surface area contributed by atoms with E-state index >= 15 is 0 Å². The smallest absolute Gasteiger partial charge is 0.0743 e. The van der Waals surface area contributed by atoms with Crippen molar-refractivity contribution in [3.8, 4) is 12.3 Å². The molecule has 1 heteroatoms. The maximum atomic E-state index is 5.58. The molecule has 2 bridgehead atoms. The van der Waals surface area contributed by atoms with Crippen LogP contribution in [-0.2, 0) is 0 Å². The van der Waals surface area contributed by atoms with E-state index in [1.807, 2.05) is 0 Å². The van der Waals surface area contributed by atoms with Gasteiger partial charge in [0.05, 0.1) is 5.54 Å². The lowest BCUT2D eigenvalue weighted by molar-refractivity contribution is 0.112. The molecule has 3 unspecified atom stereocenters. The number of nitrogens with one attached hydrogen (secondary N) is 1. The van der Waals surface area contributed by atoms with Gasteiger partial charge in [0.15, 0.2) is 0 Å². The molecule has 0 aromatic heterocycles. The third kappa shape index (κ3) is 1.43. The van der Waals surface area contributed by atoms with Crippen LogP contribution in [0.2, 0.25) is 0 Å². The summed E-state index contributed by atoms with van der Waals surface area (Å²) in [5.74, 6) is 3.74. The van der Waals surface area contributed by atoms with Crippen LogP contribution < -0.4 is 5.32 Å². The topological polar surface area (TPSA) is 12.0 Å². The Morgan fingerprint density at radius 3 is 2.31 bits per heavy atom. The Morgan fingerprint density at radius 1 is 1.31 bits per heavy atom. The van der Waals surface area contributed by atoms with Crippen molar-refractivity contribution in [3.05, 3.63) is 0 Å². The summed E-state index contributed by atoms with van der Waals surface area (Å²) in [6, 6.07) is 0.590. The number of hydrogen-bond acceptors (Lipinski definition) is 1. The Morgan fingerprint density at radius 2 is 1.94 bits per heavy atom. The average Bonchev–Trinajstić information content (AvgIpc) is 2.50. The van der Waals surface area contributed by atoms with Crippen LogP contribution in [0.25, 0.3) is 0 Å². The minimum atomic E-state index is -0.172. The average molecular weight is 219 g/mol. The van der Waals surface area contributed by atoms with Crippen molar-refractivity contribution in [1.29, 1.82) is 0 Å². The number of rotatable bonds is 2. The van der Waals surface area contributed by atoms with Crippen LogP contribution in [-0.4, -0.2) is 11.6 Å². The van der Waals surface area contributed by atoms with E-state index in [-0.39, 0.29) is 5.54 Å². The van der Waals surface area contributed by atoms with Crippen LogP contribution >= 0.6 is 0 Å². The van der Waals surface area contributed by atoms with Crippen LogP contribution in [0.1, 0.15) is 53.9 Å². The fourth-order valence-electron chi connectivity index (χ4n) is 3.90. The highest BCUT2D eigenvalue weighted by Crippen LogP contribution is 2.65. The first-order chi connectivity index (χ1) is 7.23. The lowest BCUT2D eigenvalue weighted by atomic mass is 9.69. The molecule has 1 N–H and O–H groups in total. The molecule has 0 heterocycles. The molecule has 1 nitrogen and oxygen atoms in total. The number of fused-ring (bicyclic) bond motifs is 2. The van der Waals surface area contributed by atoms with Gasteiger partial charge in [-0.05, 0) is 49.9 Å². The molecule has 3 atom stereocenters. The van der Waals surface area contributed by atoms with Gasteiger partial charge in [-0.25, -0.2) is 0 Å². The lowest BCUT2D eigenvalue weighted by Gasteiger charge is -2.42. The number of terminal acetylenes is 1. The second kappa shape index (κ2) is 3.26. The van der Waals surface area contributed by atoms with E-state index in [2.05, 4.69) is 45.9 Å². The monoisotopic (exact) mass is 219 g/mol. The second-order valence-corrected chi connectivity index (χ2v) is 7.08. The minimum Gasteiger partial charge on any atom is -0.298 e. The molecule has 0 radical (unpaired) electrons. The molecule has 90 valence electrons. The lowest BCUT2D eigenvalue weighted by Crippen LogP contribution is -2.52. The highest BCUT2D eigenvalue weighted by Gasteiger charge is 2.61. The highest BCUT2D eigenvalue weighted by atomic mass is 15.0. The summed E-state index contributed by atoms with van der Waals surface area (Å²) in [7, 11) is 0. The molecule has 2 aliphatic carbocycles.